The summed E-state index contributed by atoms with van der Waals surface area (Å²) < 4.78 is 0. The zero-order valence-electron chi connectivity index (χ0n) is 12.3. The molecule has 1 unspecified atom stereocenters. The molecular weight excluding hydrogens is 248 g/mol. The van der Waals surface area contributed by atoms with E-state index in [1.807, 2.05) is 0 Å². The molecule has 0 bridgehead atoms. The summed E-state index contributed by atoms with van der Waals surface area (Å²) in [6, 6.07) is 11.1. The first kappa shape index (κ1) is 13.6. The minimum atomic E-state index is 0.336. The zero-order valence-corrected chi connectivity index (χ0v) is 12.3. The van der Waals surface area contributed by atoms with Gasteiger partial charge in [0.2, 0.25) is 5.91 Å². The third-order valence-electron chi connectivity index (χ3n) is 4.76. The normalized spacial score (nSPS) is 24.4. The highest BCUT2D eigenvalue weighted by Crippen LogP contribution is 2.29. The van der Waals surface area contributed by atoms with Gasteiger partial charge >= 0.3 is 0 Å². The van der Waals surface area contributed by atoms with Gasteiger partial charge in [-0.2, -0.15) is 0 Å². The maximum Gasteiger partial charge on any atom is 0.225 e. The lowest BCUT2D eigenvalue weighted by Gasteiger charge is -2.42. The van der Waals surface area contributed by atoms with Crippen LogP contribution in [0.4, 0.5) is 0 Å². The monoisotopic (exact) mass is 272 g/mol. The molecule has 1 aliphatic heterocycles. The highest BCUT2D eigenvalue weighted by molar-refractivity contribution is 5.79. The van der Waals surface area contributed by atoms with Crippen LogP contribution in [0.25, 0.3) is 0 Å². The van der Waals surface area contributed by atoms with Crippen LogP contribution in [0, 0.1) is 5.92 Å². The molecule has 2 aliphatic rings. The molecule has 0 N–H and O–H groups in total. The standard InChI is InChI=1S/C17H24N2O/c1-14-12-19(17(20)16-8-5-9-16)11-10-18(14)13-15-6-3-2-4-7-15/h2-4,6-7,14,16H,5,8-13H2,1H3. The van der Waals surface area contributed by atoms with Crippen molar-refractivity contribution in [1.29, 1.82) is 0 Å². The van der Waals surface area contributed by atoms with E-state index in [-0.39, 0.29) is 0 Å². The van der Waals surface area contributed by atoms with Crippen molar-refractivity contribution in [2.75, 3.05) is 19.6 Å². The Morgan fingerprint density at radius 3 is 2.55 bits per heavy atom. The van der Waals surface area contributed by atoms with Gasteiger partial charge < -0.3 is 4.90 Å². The first-order chi connectivity index (χ1) is 9.74. The third-order valence-corrected chi connectivity index (χ3v) is 4.76. The Labute approximate surface area is 121 Å². The largest absolute Gasteiger partial charge is 0.340 e. The molecule has 0 aromatic heterocycles. The van der Waals surface area contributed by atoms with Crippen molar-refractivity contribution in [2.45, 2.75) is 38.8 Å². The predicted octanol–water partition coefficient (Wildman–Crippen LogP) is 2.52. The maximum absolute atomic E-state index is 12.3. The smallest absolute Gasteiger partial charge is 0.225 e. The van der Waals surface area contributed by atoms with Crippen LogP contribution in [0.1, 0.15) is 31.7 Å². The number of nitrogens with zero attached hydrogens (tertiary/aromatic N) is 2. The summed E-state index contributed by atoms with van der Waals surface area (Å²) in [4.78, 5) is 16.9. The van der Waals surface area contributed by atoms with Gasteiger partial charge in [-0.1, -0.05) is 36.8 Å². The zero-order chi connectivity index (χ0) is 13.9. The van der Waals surface area contributed by atoms with Crippen molar-refractivity contribution in [3.63, 3.8) is 0 Å². The van der Waals surface area contributed by atoms with Crippen LogP contribution < -0.4 is 0 Å². The molecular formula is C17H24N2O. The quantitative estimate of drug-likeness (QED) is 0.844. The van der Waals surface area contributed by atoms with Crippen LogP contribution in [-0.2, 0) is 11.3 Å². The average molecular weight is 272 g/mol. The molecule has 3 heteroatoms. The van der Waals surface area contributed by atoms with Crippen molar-refractivity contribution in [3.05, 3.63) is 35.9 Å². The Morgan fingerprint density at radius 2 is 1.95 bits per heavy atom. The van der Waals surface area contributed by atoms with Crippen molar-refractivity contribution < 1.29 is 4.79 Å². The Morgan fingerprint density at radius 1 is 1.20 bits per heavy atom. The van der Waals surface area contributed by atoms with Gasteiger partial charge in [0.15, 0.2) is 0 Å². The number of rotatable bonds is 3. The van der Waals surface area contributed by atoms with Gasteiger partial charge in [-0.15, -0.1) is 0 Å². The van der Waals surface area contributed by atoms with E-state index in [0.29, 0.717) is 17.9 Å². The maximum atomic E-state index is 12.3. The Balaban J connectivity index is 1.55. The second-order valence-electron chi connectivity index (χ2n) is 6.22. The molecule has 0 spiro atoms. The second kappa shape index (κ2) is 5.96. The van der Waals surface area contributed by atoms with E-state index in [1.165, 1.54) is 12.0 Å². The van der Waals surface area contributed by atoms with Crippen LogP contribution in [0.2, 0.25) is 0 Å². The highest BCUT2D eigenvalue weighted by Gasteiger charge is 2.33. The molecule has 108 valence electrons. The van der Waals surface area contributed by atoms with E-state index in [9.17, 15) is 4.79 Å². The van der Waals surface area contributed by atoms with Crippen molar-refractivity contribution in [3.8, 4) is 0 Å². The fourth-order valence-electron chi connectivity index (χ4n) is 3.16. The fourth-order valence-corrected chi connectivity index (χ4v) is 3.16. The van der Waals surface area contributed by atoms with E-state index in [2.05, 4.69) is 47.1 Å². The molecule has 1 atom stereocenters. The Kier molecular flexibility index (Phi) is 4.06. The summed E-state index contributed by atoms with van der Waals surface area (Å²) in [5.41, 5.74) is 1.36. The van der Waals surface area contributed by atoms with Gasteiger partial charge in [0, 0.05) is 38.1 Å². The SMILES string of the molecule is CC1CN(C(=O)C2CCC2)CCN1Cc1ccccc1. The molecule has 0 radical (unpaired) electrons. The molecule has 1 heterocycles. The highest BCUT2D eigenvalue weighted by atomic mass is 16.2. The Hall–Kier alpha value is -1.35. The summed E-state index contributed by atoms with van der Waals surface area (Å²) in [5.74, 6) is 0.741. The molecule has 3 rings (SSSR count). The van der Waals surface area contributed by atoms with E-state index in [1.54, 1.807) is 0 Å². The molecule has 1 aliphatic carbocycles. The summed E-state index contributed by atoms with van der Waals surface area (Å²) in [6.45, 7) is 6.01. The predicted molar refractivity (Wildman–Crippen MR) is 80.2 cm³/mol. The molecule has 1 saturated heterocycles. The minimum Gasteiger partial charge on any atom is -0.340 e. The number of hydrogen-bond acceptors (Lipinski definition) is 2. The number of amides is 1. The lowest BCUT2D eigenvalue weighted by atomic mass is 9.84. The number of carbonyl (C=O) groups excluding carboxylic acids is 1. The minimum absolute atomic E-state index is 0.336. The van der Waals surface area contributed by atoms with Crippen molar-refractivity contribution in [1.82, 2.24) is 9.80 Å². The van der Waals surface area contributed by atoms with Gasteiger partial charge in [0.1, 0.15) is 0 Å². The van der Waals surface area contributed by atoms with Crippen LogP contribution >= 0.6 is 0 Å². The lowest BCUT2D eigenvalue weighted by molar-refractivity contribution is -0.141. The van der Waals surface area contributed by atoms with E-state index < -0.39 is 0 Å². The summed E-state index contributed by atoms with van der Waals surface area (Å²) in [5, 5.41) is 0. The first-order valence-electron chi connectivity index (χ1n) is 7.81. The van der Waals surface area contributed by atoms with Gasteiger partial charge in [-0.25, -0.2) is 0 Å². The van der Waals surface area contributed by atoms with Crippen LogP contribution in [-0.4, -0.2) is 41.4 Å². The summed E-state index contributed by atoms with van der Waals surface area (Å²) in [6.07, 6.45) is 3.45. The molecule has 1 saturated carbocycles. The molecule has 20 heavy (non-hydrogen) atoms. The summed E-state index contributed by atoms with van der Waals surface area (Å²) >= 11 is 0. The van der Waals surface area contributed by atoms with Crippen LogP contribution in [0.15, 0.2) is 30.3 Å². The number of benzene rings is 1. The van der Waals surface area contributed by atoms with Gasteiger partial charge in [-0.05, 0) is 25.3 Å². The number of carbonyl (C=O) groups is 1. The molecule has 2 fully saturated rings. The van der Waals surface area contributed by atoms with E-state index in [0.717, 1.165) is 39.0 Å². The van der Waals surface area contributed by atoms with Crippen LogP contribution in [0.5, 0.6) is 0 Å². The number of hydrogen-bond donors (Lipinski definition) is 0. The molecule has 1 aromatic carbocycles. The van der Waals surface area contributed by atoms with Gasteiger partial charge in [0.25, 0.3) is 0 Å². The molecule has 1 amide bonds. The third kappa shape index (κ3) is 2.88. The fraction of sp³-hybridized carbons (Fsp3) is 0.588. The average Bonchev–Trinajstić information content (AvgIpc) is 2.40. The van der Waals surface area contributed by atoms with Crippen molar-refractivity contribution >= 4 is 5.91 Å². The first-order valence-corrected chi connectivity index (χ1v) is 7.81. The van der Waals surface area contributed by atoms with E-state index >= 15 is 0 Å². The summed E-state index contributed by atoms with van der Waals surface area (Å²) in [7, 11) is 0. The van der Waals surface area contributed by atoms with Crippen LogP contribution in [0.3, 0.4) is 0 Å². The molecule has 1 aromatic rings. The van der Waals surface area contributed by atoms with E-state index in [4.69, 9.17) is 0 Å². The van der Waals surface area contributed by atoms with Gasteiger partial charge in [0.05, 0.1) is 0 Å². The second-order valence-corrected chi connectivity index (χ2v) is 6.22. The Bertz CT molecular complexity index is 455. The van der Waals surface area contributed by atoms with Crippen molar-refractivity contribution in [2.24, 2.45) is 5.92 Å². The lowest BCUT2D eigenvalue weighted by Crippen LogP contribution is -2.54. The molecule has 3 nitrogen and oxygen atoms in total. The van der Waals surface area contributed by atoms with Gasteiger partial charge in [-0.3, -0.25) is 9.69 Å². The topological polar surface area (TPSA) is 23.6 Å². The number of piperazine rings is 1.